The Kier molecular flexibility index (Phi) is 7.29. The molecule has 0 radical (unpaired) electrons. The third kappa shape index (κ3) is 6.05. The van der Waals surface area contributed by atoms with Crippen LogP contribution >= 0.6 is 0 Å². The topological polar surface area (TPSA) is 15.3 Å². The van der Waals surface area contributed by atoms with Crippen molar-refractivity contribution in [2.24, 2.45) is 5.92 Å². The average molecular weight is 186 g/mol. The van der Waals surface area contributed by atoms with E-state index in [0.29, 0.717) is 6.04 Å². The van der Waals surface area contributed by atoms with Crippen LogP contribution in [0.2, 0.25) is 0 Å². The van der Waals surface area contributed by atoms with Crippen molar-refractivity contribution in [1.82, 2.24) is 10.2 Å². The van der Waals surface area contributed by atoms with Crippen molar-refractivity contribution in [3.63, 3.8) is 0 Å². The summed E-state index contributed by atoms with van der Waals surface area (Å²) in [6.07, 6.45) is 1.27. The Balaban J connectivity index is 3.80. The largest absolute Gasteiger partial charge is 0.316 e. The normalized spacial score (nSPS) is 14.1. The van der Waals surface area contributed by atoms with Crippen molar-refractivity contribution >= 4 is 0 Å². The third-order valence-corrected chi connectivity index (χ3v) is 2.54. The molecule has 2 nitrogen and oxygen atoms in total. The number of hydrogen-bond donors (Lipinski definition) is 1. The third-order valence-electron chi connectivity index (χ3n) is 2.54. The molecule has 0 aromatic rings. The van der Waals surface area contributed by atoms with E-state index in [4.69, 9.17) is 0 Å². The maximum atomic E-state index is 3.39. The smallest absolute Gasteiger partial charge is 0.0194 e. The maximum absolute atomic E-state index is 3.39. The van der Waals surface area contributed by atoms with E-state index in [9.17, 15) is 0 Å². The van der Waals surface area contributed by atoms with Gasteiger partial charge in [-0.05, 0) is 32.5 Å². The molecule has 0 amide bonds. The molecule has 0 rings (SSSR count). The van der Waals surface area contributed by atoms with Gasteiger partial charge in [-0.1, -0.05) is 27.7 Å². The standard InChI is InChI=1S/C11H26N2/c1-6-13(7-2)9-11(12-5)8-10(3)4/h10-12H,6-9H2,1-5H3. The number of nitrogens with zero attached hydrogens (tertiary/aromatic N) is 1. The van der Waals surface area contributed by atoms with E-state index in [1.165, 1.54) is 13.0 Å². The highest BCUT2D eigenvalue weighted by Crippen LogP contribution is 2.05. The van der Waals surface area contributed by atoms with Gasteiger partial charge in [0.15, 0.2) is 0 Å². The van der Waals surface area contributed by atoms with E-state index in [1.54, 1.807) is 0 Å². The zero-order valence-electron chi connectivity index (χ0n) is 9.93. The van der Waals surface area contributed by atoms with E-state index >= 15 is 0 Å². The molecule has 1 atom stereocenters. The van der Waals surface area contributed by atoms with Crippen LogP contribution in [0.15, 0.2) is 0 Å². The second-order valence-electron chi connectivity index (χ2n) is 4.10. The first-order valence-electron chi connectivity index (χ1n) is 5.53. The molecule has 13 heavy (non-hydrogen) atoms. The fourth-order valence-electron chi connectivity index (χ4n) is 1.65. The quantitative estimate of drug-likeness (QED) is 0.654. The first-order chi connectivity index (χ1) is 6.13. The number of nitrogens with one attached hydrogen (secondary N) is 1. The fourth-order valence-corrected chi connectivity index (χ4v) is 1.65. The van der Waals surface area contributed by atoms with Gasteiger partial charge in [-0.3, -0.25) is 0 Å². The van der Waals surface area contributed by atoms with E-state index in [2.05, 4.69) is 45.0 Å². The Bertz CT molecular complexity index is 109. The van der Waals surface area contributed by atoms with Crippen LogP contribution in [-0.2, 0) is 0 Å². The number of likely N-dealkylation sites (N-methyl/N-ethyl adjacent to an activating group) is 2. The van der Waals surface area contributed by atoms with Crippen molar-refractivity contribution in [3.05, 3.63) is 0 Å². The van der Waals surface area contributed by atoms with Gasteiger partial charge in [0.05, 0.1) is 0 Å². The van der Waals surface area contributed by atoms with Crippen molar-refractivity contribution < 1.29 is 0 Å². The summed E-state index contributed by atoms with van der Waals surface area (Å²) in [4.78, 5) is 2.48. The Labute approximate surface area is 83.7 Å². The lowest BCUT2D eigenvalue weighted by Gasteiger charge is -2.26. The lowest BCUT2D eigenvalue weighted by atomic mass is 10.0. The Hall–Kier alpha value is -0.0800. The van der Waals surface area contributed by atoms with Gasteiger partial charge in [-0.15, -0.1) is 0 Å². The van der Waals surface area contributed by atoms with E-state index in [0.717, 1.165) is 19.0 Å². The van der Waals surface area contributed by atoms with Gasteiger partial charge in [0, 0.05) is 12.6 Å². The first kappa shape index (κ1) is 12.9. The minimum absolute atomic E-state index is 0.653. The predicted octanol–water partition coefficient (Wildman–Crippen LogP) is 1.96. The van der Waals surface area contributed by atoms with Crippen LogP contribution in [-0.4, -0.2) is 37.6 Å². The second-order valence-corrected chi connectivity index (χ2v) is 4.10. The molecule has 0 fully saturated rings. The number of hydrogen-bond acceptors (Lipinski definition) is 2. The summed E-state index contributed by atoms with van der Waals surface area (Å²) in [7, 11) is 2.07. The van der Waals surface area contributed by atoms with Gasteiger partial charge in [0.25, 0.3) is 0 Å². The molecule has 0 saturated heterocycles. The van der Waals surface area contributed by atoms with E-state index in [-0.39, 0.29) is 0 Å². The van der Waals surface area contributed by atoms with Crippen LogP contribution in [0.1, 0.15) is 34.1 Å². The highest BCUT2D eigenvalue weighted by Gasteiger charge is 2.11. The van der Waals surface area contributed by atoms with Crippen LogP contribution in [0.5, 0.6) is 0 Å². The van der Waals surface area contributed by atoms with Gasteiger partial charge in [0.1, 0.15) is 0 Å². The van der Waals surface area contributed by atoms with Crippen LogP contribution in [0.25, 0.3) is 0 Å². The van der Waals surface area contributed by atoms with Gasteiger partial charge in [-0.2, -0.15) is 0 Å². The fraction of sp³-hybridized carbons (Fsp3) is 1.00. The maximum Gasteiger partial charge on any atom is 0.0194 e. The summed E-state index contributed by atoms with van der Waals surface area (Å²) in [5.74, 6) is 0.785. The SMILES string of the molecule is CCN(CC)CC(CC(C)C)NC. The van der Waals surface area contributed by atoms with Gasteiger partial charge >= 0.3 is 0 Å². The molecular weight excluding hydrogens is 160 g/mol. The molecule has 0 aliphatic heterocycles. The highest BCUT2D eigenvalue weighted by atomic mass is 15.1. The molecule has 0 saturated carbocycles. The van der Waals surface area contributed by atoms with Crippen molar-refractivity contribution in [2.45, 2.75) is 40.2 Å². The summed E-state index contributed by atoms with van der Waals surface area (Å²) in [5.41, 5.74) is 0. The molecule has 0 aliphatic carbocycles. The van der Waals surface area contributed by atoms with E-state index < -0.39 is 0 Å². The van der Waals surface area contributed by atoms with Crippen molar-refractivity contribution in [3.8, 4) is 0 Å². The molecule has 0 spiro atoms. The Morgan fingerprint density at radius 3 is 2.00 bits per heavy atom. The second kappa shape index (κ2) is 7.34. The summed E-state index contributed by atoms with van der Waals surface area (Å²) in [6.45, 7) is 12.5. The zero-order valence-corrected chi connectivity index (χ0v) is 9.93. The molecule has 1 N–H and O–H groups in total. The van der Waals surface area contributed by atoms with Gasteiger partial charge in [0.2, 0.25) is 0 Å². The van der Waals surface area contributed by atoms with Crippen LogP contribution in [0.3, 0.4) is 0 Å². The van der Waals surface area contributed by atoms with Gasteiger partial charge in [-0.25, -0.2) is 0 Å². The minimum Gasteiger partial charge on any atom is -0.316 e. The summed E-state index contributed by atoms with van der Waals surface area (Å²) in [6, 6.07) is 0.653. The van der Waals surface area contributed by atoms with Gasteiger partial charge < -0.3 is 10.2 Å². The molecule has 1 unspecified atom stereocenters. The molecular formula is C11H26N2. The number of rotatable bonds is 7. The zero-order chi connectivity index (χ0) is 10.3. The Morgan fingerprint density at radius 2 is 1.69 bits per heavy atom. The molecule has 0 aliphatic rings. The Morgan fingerprint density at radius 1 is 1.15 bits per heavy atom. The summed E-state index contributed by atoms with van der Waals surface area (Å²) < 4.78 is 0. The molecule has 80 valence electrons. The predicted molar refractivity (Wildman–Crippen MR) is 60.1 cm³/mol. The van der Waals surface area contributed by atoms with E-state index in [1.807, 2.05) is 0 Å². The first-order valence-corrected chi connectivity index (χ1v) is 5.53. The van der Waals surface area contributed by atoms with Crippen LogP contribution in [0.4, 0.5) is 0 Å². The van der Waals surface area contributed by atoms with Crippen LogP contribution < -0.4 is 5.32 Å². The van der Waals surface area contributed by atoms with Crippen molar-refractivity contribution in [2.75, 3.05) is 26.7 Å². The summed E-state index contributed by atoms with van der Waals surface area (Å²) in [5, 5.41) is 3.39. The molecule has 0 bridgehead atoms. The highest BCUT2D eigenvalue weighted by molar-refractivity contribution is 4.70. The molecule has 0 aromatic heterocycles. The monoisotopic (exact) mass is 186 g/mol. The lowest BCUT2D eigenvalue weighted by molar-refractivity contribution is 0.253. The molecule has 0 aromatic carbocycles. The molecule has 2 heteroatoms. The minimum atomic E-state index is 0.653. The molecule has 0 heterocycles. The van der Waals surface area contributed by atoms with Crippen molar-refractivity contribution in [1.29, 1.82) is 0 Å². The average Bonchev–Trinajstić information content (AvgIpc) is 2.11. The lowest BCUT2D eigenvalue weighted by Crippen LogP contribution is -2.40. The van der Waals surface area contributed by atoms with Crippen LogP contribution in [0, 0.1) is 5.92 Å². The summed E-state index contributed by atoms with van der Waals surface area (Å²) >= 11 is 0.